The molecule has 0 saturated carbocycles. The monoisotopic (exact) mass is 334 g/mol. The lowest BCUT2D eigenvalue weighted by atomic mass is 10.0. The zero-order valence-corrected chi connectivity index (χ0v) is 13.6. The number of aromatic nitrogens is 1. The number of rotatable bonds is 3. The van der Waals surface area contributed by atoms with Crippen LogP contribution in [0.15, 0.2) is 24.4 Å². The standard InChI is InChI=1S/C16H18N4O2.ClH/c1-9-6-10-2-4-19-14(17)13(10)7-11(9)8-20-5-3-12(15(18)21)16(20)22;/h2,4,6-7,12H,3,5,8H2,1H3,(H2,17,19)(H2,18,21);1H/t12-;/m0./s1. The largest absolute Gasteiger partial charge is 0.383 e. The minimum Gasteiger partial charge on any atom is -0.383 e. The van der Waals surface area contributed by atoms with Crippen LogP contribution in [-0.2, 0) is 16.1 Å². The highest BCUT2D eigenvalue weighted by Gasteiger charge is 2.35. The molecule has 1 aliphatic heterocycles. The van der Waals surface area contributed by atoms with Gasteiger partial charge in [-0.2, -0.15) is 0 Å². The van der Waals surface area contributed by atoms with E-state index in [-0.39, 0.29) is 18.3 Å². The molecule has 0 aliphatic carbocycles. The number of amides is 2. The molecular weight excluding hydrogens is 316 g/mol. The maximum atomic E-state index is 12.2. The van der Waals surface area contributed by atoms with Gasteiger partial charge in [0.25, 0.3) is 0 Å². The molecule has 0 unspecified atom stereocenters. The van der Waals surface area contributed by atoms with Gasteiger partial charge in [-0.05, 0) is 42.0 Å². The second-order valence-electron chi connectivity index (χ2n) is 5.70. The Hall–Kier alpha value is -2.34. The Kier molecular flexibility index (Phi) is 4.75. The molecule has 6 nitrogen and oxygen atoms in total. The number of nitrogens with zero attached hydrogens (tertiary/aromatic N) is 2. The van der Waals surface area contributed by atoms with E-state index in [1.165, 1.54) is 0 Å². The number of carbonyl (C=O) groups excluding carboxylic acids is 2. The van der Waals surface area contributed by atoms with Gasteiger partial charge in [0.2, 0.25) is 11.8 Å². The third kappa shape index (κ3) is 3.07. The predicted octanol–water partition coefficient (Wildman–Crippen LogP) is 1.38. The van der Waals surface area contributed by atoms with E-state index < -0.39 is 11.8 Å². The first-order valence-electron chi connectivity index (χ1n) is 7.19. The maximum Gasteiger partial charge on any atom is 0.235 e. The molecule has 1 atom stereocenters. The van der Waals surface area contributed by atoms with E-state index in [4.69, 9.17) is 11.5 Å². The highest BCUT2D eigenvalue weighted by Crippen LogP contribution is 2.26. The smallest absolute Gasteiger partial charge is 0.235 e. The molecule has 0 radical (unpaired) electrons. The average molecular weight is 335 g/mol. The van der Waals surface area contributed by atoms with Crippen molar-refractivity contribution in [3.8, 4) is 0 Å². The van der Waals surface area contributed by atoms with Crippen molar-refractivity contribution >= 4 is 40.8 Å². The fourth-order valence-electron chi connectivity index (χ4n) is 2.94. The molecule has 1 aliphatic rings. The summed E-state index contributed by atoms with van der Waals surface area (Å²) in [6, 6.07) is 5.92. The molecule has 1 saturated heterocycles. The van der Waals surface area contributed by atoms with Crippen molar-refractivity contribution in [2.24, 2.45) is 11.7 Å². The first-order valence-corrected chi connectivity index (χ1v) is 7.19. The average Bonchev–Trinajstić information content (AvgIpc) is 2.82. The van der Waals surface area contributed by atoms with Gasteiger partial charge in [-0.25, -0.2) is 4.98 Å². The summed E-state index contributed by atoms with van der Waals surface area (Å²) in [5.74, 6) is -0.948. The van der Waals surface area contributed by atoms with Crippen molar-refractivity contribution in [2.45, 2.75) is 19.9 Å². The lowest BCUT2D eigenvalue weighted by Gasteiger charge is -2.18. The number of halogens is 1. The van der Waals surface area contributed by atoms with Crippen molar-refractivity contribution in [1.29, 1.82) is 0 Å². The Labute approximate surface area is 140 Å². The molecule has 2 aromatic rings. The van der Waals surface area contributed by atoms with Gasteiger partial charge < -0.3 is 16.4 Å². The minimum atomic E-state index is -0.688. The Balaban J connectivity index is 0.00000192. The number of hydrogen-bond donors (Lipinski definition) is 2. The third-order valence-corrected chi connectivity index (χ3v) is 4.25. The topological polar surface area (TPSA) is 102 Å². The fourth-order valence-corrected chi connectivity index (χ4v) is 2.94. The van der Waals surface area contributed by atoms with Crippen LogP contribution < -0.4 is 11.5 Å². The second kappa shape index (κ2) is 6.42. The van der Waals surface area contributed by atoms with Gasteiger partial charge in [0.15, 0.2) is 0 Å². The third-order valence-electron chi connectivity index (χ3n) is 4.25. The summed E-state index contributed by atoms with van der Waals surface area (Å²) in [5, 5.41) is 1.90. The molecule has 7 heteroatoms. The number of anilines is 1. The van der Waals surface area contributed by atoms with Gasteiger partial charge in [-0.3, -0.25) is 9.59 Å². The maximum absolute atomic E-state index is 12.2. The summed E-state index contributed by atoms with van der Waals surface area (Å²) in [6.07, 6.45) is 2.17. The van der Waals surface area contributed by atoms with Crippen LogP contribution in [0.2, 0.25) is 0 Å². The number of likely N-dealkylation sites (tertiary alicyclic amines) is 1. The number of nitrogen functional groups attached to an aromatic ring is 1. The summed E-state index contributed by atoms with van der Waals surface area (Å²) in [6.45, 7) is 3.00. The highest BCUT2D eigenvalue weighted by atomic mass is 35.5. The van der Waals surface area contributed by atoms with E-state index in [9.17, 15) is 9.59 Å². The summed E-state index contributed by atoms with van der Waals surface area (Å²) >= 11 is 0. The molecule has 1 aromatic carbocycles. The number of aryl methyl sites for hydroxylation is 1. The number of nitrogens with two attached hydrogens (primary N) is 2. The summed E-state index contributed by atoms with van der Waals surface area (Å²) < 4.78 is 0. The lowest BCUT2D eigenvalue weighted by molar-refractivity contribution is -0.136. The number of primary amides is 1. The number of hydrogen-bond acceptors (Lipinski definition) is 4. The number of fused-ring (bicyclic) bond motifs is 1. The molecule has 23 heavy (non-hydrogen) atoms. The van der Waals surface area contributed by atoms with Crippen LogP contribution in [0.1, 0.15) is 17.5 Å². The summed E-state index contributed by atoms with van der Waals surface area (Å²) in [5.41, 5.74) is 13.3. The van der Waals surface area contributed by atoms with Crippen LogP contribution in [0, 0.1) is 12.8 Å². The predicted molar refractivity (Wildman–Crippen MR) is 90.9 cm³/mol. The molecule has 1 aromatic heterocycles. The molecule has 0 bridgehead atoms. The zero-order chi connectivity index (χ0) is 15.9. The summed E-state index contributed by atoms with van der Waals surface area (Å²) in [7, 11) is 0. The van der Waals surface area contributed by atoms with Gasteiger partial charge in [-0.15, -0.1) is 12.4 Å². The van der Waals surface area contributed by atoms with Crippen LogP contribution in [-0.4, -0.2) is 28.2 Å². The van der Waals surface area contributed by atoms with Crippen LogP contribution in [0.25, 0.3) is 10.8 Å². The van der Waals surface area contributed by atoms with E-state index in [0.29, 0.717) is 25.3 Å². The van der Waals surface area contributed by atoms with Gasteiger partial charge in [0, 0.05) is 24.7 Å². The molecule has 0 spiro atoms. The van der Waals surface area contributed by atoms with Crippen LogP contribution >= 0.6 is 12.4 Å². The van der Waals surface area contributed by atoms with E-state index in [1.807, 2.05) is 25.1 Å². The minimum absolute atomic E-state index is 0. The fraction of sp³-hybridized carbons (Fsp3) is 0.312. The van der Waals surface area contributed by atoms with Crippen molar-refractivity contribution in [3.63, 3.8) is 0 Å². The quantitative estimate of drug-likeness (QED) is 0.828. The van der Waals surface area contributed by atoms with E-state index in [0.717, 1.165) is 21.9 Å². The Bertz CT molecular complexity index is 778. The first-order chi connectivity index (χ1) is 10.5. The Morgan fingerprint density at radius 3 is 2.83 bits per heavy atom. The highest BCUT2D eigenvalue weighted by molar-refractivity contribution is 6.01. The number of pyridine rings is 1. The van der Waals surface area contributed by atoms with E-state index in [1.54, 1.807) is 11.1 Å². The van der Waals surface area contributed by atoms with Gasteiger partial charge in [0.05, 0.1) is 0 Å². The second-order valence-corrected chi connectivity index (χ2v) is 5.70. The Morgan fingerprint density at radius 2 is 2.17 bits per heavy atom. The number of carbonyl (C=O) groups is 2. The molecule has 3 rings (SSSR count). The number of benzene rings is 1. The first kappa shape index (κ1) is 17.0. The van der Waals surface area contributed by atoms with Gasteiger partial charge in [-0.1, -0.05) is 6.07 Å². The molecule has 1 fully saturated rings. The normalized spacial score (nSPS) is 17.3. The van der Waals surface area contributed by atoms with Crippen LogP contribution in [0.3, 0.4) is 0 Å². The van der Waals surface area contributed by atoms with Crippen molar-refractivity contribution < 1.29 is 9.59 Å². The molecule has 2 heterocycles. The zero-order valence-electron chi connectivity index (χ0n) is 12.8. The molecule has 122 valence electrons. The molecule has 2 amide bonds. The Morgan fingerprint density at radius 1 is 1.43 bits per heavy atom. The molecule has 4 N–H and O–H groups in total. The van der Waals surface area contributed by atoms with E-state index in [2.05, 4.69) is 4.98 Å². The van der Waals surface area contributed by atoms with Crippen LogP contribution in [0.5, 0.6) is 0 Å². The molecular formula is C16H19ClN4O2. The van der Waals surface area contributed by atoms with Crippen molar-refractivity contribution in [1.82, 2.24) is 9.88 Å². The van der Waals surface area contributed by atoms with Crippen LogP contribution in [0.4, 0.5) is 5.82 Å². The summed E-state index contributed by atoms with van der Waals surface area (Å²) in [4.78, 5) is 29.2. The van der Waals surface area contributed by atoms with Gasteiger partial charge >= 0.3 is 0 Å². The lowest BCUT2D eigenvalue weighted by Crippen LogP contribution is -2.33. The SMILES string of the molecule is Cc1cc2ccnc(N)c2cc1CN1CC[C@@H](C(N)=O)C1=O.Cl. The van der Waals surface area contributed by atoms with Crippen molar-refractivity contribution in [3.05, 3.63) is 35.5 Å². The van der Waals surface area contributed by atoms with Gasteiger partial charge in [0.1, 0.15) is 11.7 Å². The van der Waals surface area contributed by atoms with E-state index >= 15 is 0 Å². The van der Waals surface area contributed by atoms with Crippen molar-refractivity contribution in [2.75, 3.05) is 12.3 Å².